The summed E-state index contributed by atoms with van der Waals surface area (Å²) in [6.45, 7) is 9.21. The Morgan fingerprint density at radius 2 is 1.74 bits per heavy atom. The Hall–Kier alpha value is -5.72. The summed E-state index contributed by atoms with van der Waals surface area (Å²) in [7, 11) is 4.73. The number of rotatable bonds is 14. The lowest BCUT2D eigenvalue weighted by Gasteiger charge is -2.40. The van der Waals surface area contributed by atoms with Gasteiger partial charge in [0.2, 0.25) is 23.6 Å². The van der Waals surface area contributed by atoms with Gasteiger partial charge in [-0.15, -0.1) is 6.58 Å². The Bertz CT molecular complexity index is 2110. The number of fused-ring (bicyclic) bond motifs is 1. The molecule has 2 aromatic carbocycles. The standard InChI is InChI=1S/C45H55N5O8/c1-8-28-25-45(28,43(55)56)49-40(52)33-22-30(58-36-24-34(26-15-11-9-12-16-26)47-35-23-29(57-7)19-20-31(35)36)21-32(33)39(51)48-38(44(2,3)4)42(54)50(6)37(41(53)46-5)27-17-13-10-14-18-27/h8-9,11-12,15-16,19-21,23-24,27-28,30,33,37-38H,1,10,13-14,17-18,22,25H2,2-7H3,(H,46,53)(H,48,51)(H,49,52)(H,55,56)/t28-,30?,33?,37+,38-,45-/m1/s1. The van der Waals surface area contributed by atoms with Gasteiger partial charge in [-0.25, -0.2) is 9.78 Å². The van der Waals surface area contributed by atoms with E-state index in [0.717, 1.165) is 37.7 Å². The molecule has 308 valence electrons. The van der Waals surface area contributed by atoms with Crippen LogP contribution in [0.25, 0.3) is 22.2 Å². The van der Waals surface area contributed by atoms with Gasteiger partial charge >= 0.3 is 5.97 Å². The molecule has 4 amide bonds. The van der Waals surface area contributed by atoms with Gasteiger partial charge in [0, 0.05) is 55.1 Å². The average Bonchev–Trinajstić information content (AvgIpc) is 3.78. The molecule has 2 unspecified atom stereocenters. The molecule has 2 fully saturated rings. The Morgan fingerprint density at radius 3 is 2.34 bits per heavy atom. The molecule has 13 nitrogen and oxygen atoms in total. The Balaban J connectivity index is 1.35. The lowest BCUT2D eigenvalue weighted by atomic mass is 9.81. The minimum Gasteiger partial charge on any atom is -0.497 e. The molecule has 0 saturated heterocycles. The number of nitrogens with zero attached hydrogens (tertiary/aromatic N) is 2. The summed E-state index contributed by atoms with van der Waals surface area (Å²) in [6.07, 6.45) is 7.08. The molecule has 4 N–H and O–H groups in total. The van der Waals surface area contributed by atoms with Crippen molar-refractivity contribution in [2.24, 2.45) is 23.2 Å². The minimum absolute atomic E-state index is 0.0120. The molecule has 58 heavy (non-hydrogen) atoms. The van der Waals surface area contributed by atoms with Crippen molar-refractivity contribution >= 4 is 40.5 Å². The van der Waals surface area contributed by atoms with Crippen LogP contribution in [-0.4, -0.2) is 89.5 Å². The molecule has 3 aliphatic rings. The summed E-state index contributed by atoms with van der Waals surface area (Å²) in [5.41, 5.74) is -0.209. The third-order valence-corrected chi connectivity index (χ3v) is 11.9. The highest BCUT2D eigenvalue weighted by Gasteiger charge is 2.61. The van der Waals surface area contributed by atoms with Gasteiger partial charge in [0.25, 0.3) is 0 Å². The van der Waals surface area contributed by atoms with Gasteiger partial charge in [-0.3, -0.25) is 19.2 Å². The summed E-state index contributed by atoms with van der Waals surface area (Å²) in [5.74, 6) is -3.78. The van der Waals surface area contributed by atoms with Crippen LogP contribution in [0.15, 0.2) is 78.9 Å². The summed E-state index contributed by atoms with van der Waals surface area (Å²) in [6, 6.07) is 15.0. The molecular formula is C45H55N5O8. The zero-order valence-corrected chi connectivity index (χ0v) is 34.2. The van der Waals surface area contributed by atoms with E-state index in [-0.39, 0.29) is 30.2 Å². The van der Waals surface area contributed by atoms with E-state index in [0.29, 0.717) is 28.1 Å². The molecule has 2 saturated carbocycles. The molecule has 3 aliphatic carbocycles. The first-order valence-corrected chi connectivity index (χ1v) is 20.0. The van der Waals surface area contributed by atoms with Crippen molar-refractivity contribution in [2.45, 2.75) is 89.4 Å². The molecule has 3 aromatic rings. The zero-order chi connectivity index (χ0) is 41.9. The number of nitrogens with one attached hydrogen (secondary N) is 3. The van der Waals surface area contributed by atoms with Gasteiger partial charge in [-0.1, -0.05) is 76.4 Å². The predicted molar refractivity (Wildman–Crippen MR) is 220 cm³/mol. The summed E-state index contributed by atoms with van der Waals surface area (Å²) < 4.78 is 12.1. The summed E-state index contributed by atoms with van der Waals surface area (Å²) in [5, 5.41) is 19.2. The molecule has 6 atom stereocenters. The second-order valence-electron chi connectivity index (χ2n) is 16.8. The van der Waals surface area contributed by atoms with Crippen LogP contribution >= 0.6 is 0 Å². The number of aliphatic carboxylic acids is 1. The van der Waals surface area contributed by atoms with E-state index in [9.17, 15) is 29.1 Å². The van der Waals surface area contributed by atoms with Crippen molar-refractivity contribution in [1.82, 2.24) is 25.8 Å². The minimum atomic E-state index is -1.54. The smallest absolute Gasteiger partial charge is 0.330 e. The van der Waals surface area contributed by atoms with E-state index in [1.165, 1.54) is 11.0 Å². The first kappa shape index (κ1) is 41.9. The van der Waals surface area contributed by atoms with Crippen LogP contribution < -0.4 is 25.4 Å². The number of likely N-dealkylation sites (N-methyl/N-ethyl adjacent to an activating group) is 2. The molecule has 0 radical (unpaired) electrons. The number of amides is 4. The maximum atomic E-state index is 14.5. The van der Waals surface area contributed by atoms with Crippen molar-refractivity contribution < 1.29 is 38.6 Å². The highest BCUT2D eigenvalue weighted by molar-refractivity contribution is 6.04. The maximum absolute atomic E-state index is 14.5. The second-order valence-corrected chi connectivity index (χ2v) is 16.8. The van der Waals surface area contributed by atoms with Gasteiger partial charge in [-0.2, -0.15) is 0 Å². The van der Waals surface area contributed by atoms with Gasteiger partial charge < -0.3 is 35.4 Å². The van der Waals surface area contributed by atoms with Crippen LogP contribution in [0.1, 0.15) is 65.7 Å². The lowest BCUT2D eigenvalue weighted by Crippen LogP contribution is -2.60. The van der Waals surface area contributed by atoms with Crippen molar-refractivity contribution in [1.29, 1.82) is 0 Å². The van der Waals surface area contributed by atoms with Crippen LogP contribution in [0.2, 0.25) is 0 Å². The zero-order valence-electron chi connectivity index (χ0n) is 34.2. The number of carbonyl (C=O) groups is 5. The SMILES string of the molecule is C=C[C@@H]1C[C@]1(NC(=O)C1CC(Oc2cc(-c3ccccc3)nc3cc(OC)ccc23)C=C1C(=O)N[C@H](C(=O)N(C)[C@H](C(=O)NC)C1CCCCC1)C(C)(C)C)C(=O)O. The molecular weight excluding hydrogens is 739 g/mol. The van der Waals surface area contributed by atoms with E-state index in [1.807, 2.05) is 63.2 Å². The van der Waals surface area contributed by atoms with Gasteiger partial charge in [0.15, 0.2) is 0 Å². The fraction of sp³-hybridized carbons (Fsp3) is 0.467. The van der Waals surface area contributed by atoms with Crippen LogP contribution in [0.4, 0.5) is 0 Å². The third-order valence-electron chi connectivity index (χ3n) is 11.9. The number of aromatic nitrogens is 1. The normalized spacial score (nSPS) is 22.8. The fourth-order valence-corrected chi connectivity index (χ4v) is 8.46. The average molecular weight is 794 g/mol. The molecule has 0 bridgehead atoms. The molecule has 1 aromatic heterocycles. The van der Waals surface area contributed by atoms with Crippen molar-refractivity contribution in [2.75, 3.05) is 21.2 Å². The maximum Gasteiger partial charge on any atom is 0.330 e. The number of methoxy groups -OCH3 is 1. The third kappa shape index (κ3) is 8.58. The van der Waals surface area contributed by atoms with Gasteiger partial charge in [0.1, 0.15) is 35.2 Å². The number of hydrogen-bond acceptors (Lipinski definition) is 8. The molecule has 0 spiro atoms. The Morgan fingerprint density at radius 1 is 1.03 bits per heavy atom. The lowest BCUT2D eigenvalue weighted by molar-refractivity contribution is -0.146. The molecule has 0 aliphatic heterocycles. The molecule has 13 heteroatoms. The topological polar surface area (TPSA) is 176 Å². The van der Waals surface area contributed by atoms with Crippen LogP contribution in [0.3, 0.4) is 0 Å². The van der Waals surface area contributed by atoms with Crippen molar-refractivity contribution in [3.05, 3.63) is 78.9 Å². The van der Waals surface area contributed by atoms with Crippen LogP contribution in [0.5, 0.6) is 11.5 Å². The first-order chi connectivity index (χ1) is 27.6. The number of carboxylic acid groups (broad SMARTS) is 1. The molecule has 1 heterocycles. The predicted octanol–water partition coefficient (Wildman–Crippen LogP) is 5.43. The highest BCUT2D eigenvalue weighted by atomic mass is 16.5. The van der Waals surface area contributed by atoms with E-state index < -0.39 is 64.7 Å². The largest absolute Gasteiger partial charge is 0.497 e. The summed E-state index contributed by atoms with van der Waals surface area (Å²) in [4.78, 5) is 75.2. The Kier molecular flexibility index (Phi) is 12.3. The number of pyridine rings is 1. The number of ether oxygens (including phenoxy) is 2. The summed E-state index contributed by atoms with van der Waals surface area (Å²) >= 11 is 0. The van der Waals surface area contributed by atoms with E-state index in [4.69, 9.17) is 14.5 Å². The van der Waals surface area contributed by atoms with Crippen molar-refractivity contribution in [3.8, 4) is 22.8 Å². The second kappa shape index (κ2) is 17.0. The van der Waals surface area contributed by atoms with E-state index in [1.54, 1.807) is 39.4 Å². The van der Waals surface area contributed by atoms with Crippen LogP contribution in [-0.2, 0) is 24.0 Å². The van der Waals surface area contributed by atoms with Crippen molar-refractivity contribution in [3.63, 3.8) is 0 Å². The van der Waals surface area contributed by atoms with Gasteiger partial charge in [0.05, 0.1) is 24.2 Å². The number of benzene rings is 2. The van der Waals surface area contributed by atoms with E-state index >= 15 is 0 Å². The fourth-order valence-electron chi connectivity index (χ4n) is 8.46. The first-order valence-electron chi connectivity index (χ1n) is 20.0. The van der Waals surface area contributed by atoms with E-state index in [2.05, 4.69) is 22.5 Å². The van der Waals surface area contributed by atoms with Crippen LogP contribution in [0, 0.1) is 23.2 Å². The number of hydrogen-bond donors (Lipinski definition) is 4. The quantitative estimate of drug-likeness (QED) is 0.155. The number of carboxylic acids is 1. The molecule has 6 rings (SSSR count). The highest BCUT2D eigenvalue weighted by Crippen LogP contribution is 2.45. The number of carbonyl (C=O) groups excluding carboxylic acids is 4. The monoisotopic (exact) mass is 793 g/mol. The van der Waals surface area contributed by atoms with Gasteiger partial charge in [-0.05, 0) is 48.8 Å². The Labute approximate surface area is 339 Å².